The Kier molecular flexibility index (Phi) is 4.62. The number of hydrogen-bond donors (Lipinski definition) is 0. The van der Waals surface area contributed by atoms with Crippen LogP contribution in [-0.2, 0) is 11.3 Å². The Labute approximate surface area is 130 Å². The van der Waals surface area contributed by atoms with Crippen molar-refractivity contribution >= 4 is 5.82 Å². The number of anilines is 1. The molecule has 2 aromatic rings. The van der Waals surface area contributed by atoms with E-state index in [-0.39, 0.29) is 6.04 Å². The van der Waals surface area contributed by atoms with Crippen molar-refractivity contribution in [1.29, 1.82) is 0 Å². The standard InChI is InChI=1S/C15H22N6O/c1-12-9-14(17-10-16-12)21-6-4-3-5-13(21)15-19-18-11-20(15)7-8-22-2/h9-11,13H,3-8H2,1-2H3. The average Bonchev–Trinajstić information content (AvgIpc) is 3.01. The summed E-state index contributed by atoms with van der Waals surface area (Å²) in [6, 6.07) is 2.25. The van der Waals surface area contributed by atoms with Crippen LogP contribution in [0.2, 0.25) is 0 Å². The Bertz CT molecular complexity index is 614. The molecule has 0 aliphatic carbocycles. The average molecular weight is 302 g/mol. The summed E-state index contributed by atoms with van der Waals surface area (Å²) in [5.41, 5.74) is 0.982. The molecular formula is C15H22N6O. The van der Waals surface area contributed by atoms with E-state index in [0.717, 1.165) is 36.8 Å². The zero-order valence-corrected chi connectivity index (χ0v) is 13.1. The predicted octanol–water partition coefficient (Wildman–Crippen LogP) is 1.75. The smallest absolute Gasteiger partial charge is 0.155 e. The van der Waals surface area contributed by atoms with Crippen LogP contribution in [0.5, 0.6) is 0 Å². The summed E-state index contributed by atoms with van der Waals surface area (Å²) in [6.45, 7) is 4.40. The van der Waals surface area contributed by atoms with Gasteiger partial charge in [0, 0.05) is 32.0 Å². The first kappa shape index (κ1) is 14.9. The zero-order valence-electron chi connectivity index (χ0n) is 13.1. The normalized spacial score (nSPS) is 18.6. The van der Waals surface area contributed by atoms with Crippen LogP contribution >= 0.6 is 0 Å². The Morgan fingerprint density at radius 1 is 1.32 bits per heavy atom. The SMILES string of the molecule is COCCn1cnnc1C1CCCCN1c1cc(C)ncn1. The van der Waals surface area contributed by atoms with Crippen LogP contribution in [0.4, 0.5) is 5.82 Å². The van der Waals surface area contributed by atoms with Crippen LogP contribution in [0.25, 0.3) is 0 Å². The van der Waals surface area contributed by atoms with Gasteiger partial charge in [0.25, 0.3) is 0 Å². The minimum Gasteiger partial charge on any atom is -0.383 e. The molecular weight excluding hydrogens is 280 g/mol. The lowest BCUT2D eigenvalue weighted by atomic mass is 10.0. The number of aryl methyl sites for hydroxylation is 1. The number of nitrogens with zero attached hydrogens (tertiary/aromatic N) is 6. The lowest BCUT2D eigenvalue weighted by Gasteiger charge is -2.36. The van der Waals surface area contributed by atoms with E-state index in [1.54, 1.807) is 19.8 Å². The molecule has 3 rings (SSSR count). The van der Waals surface area contributed by atoms with Crippen molar-refractivity contribution in [2.24, 2.45) is 0 Å². The van der Waals surface area contributed by atoms with Gasteiger partial charge in [-0.05, 0) is 26.2 Å². The van der Waals surface area contributed by atoms with Crippen molar-refractivity contribution < 1.29 is 4.74 Å². The lowest BCUT2D eigenvalue weighted by molar-refractivity contribution is 0.185. The number of hydrogen-bond acceptors (Lipinski definition) is 6. The first-order valence-electron chi connectivity index (χ1n) is 7.71. The highest BCUT2D eigenvalue weighted by Gasteiger charge is 2.29. The Balaban J connectivity index is 1.88. The van der Waals surface area contributed by atoms with Crippen LogP contribution in [0.15, 0.2) is 18.7 Å². The summed E-state index contributed by atoms with van der Waals surface area (Å²) in [4.78, 5) is 11.0. The van der Waals surface area contributed by atoms with E-state index in [9.17, 15) is 0 Å². The molecule has 2 aromatic heterocycles. The van der Waals surface area contributed by atoms with Crippen LogP contribution in [0.3, 0.4) is 0 Å². The predicted molar refractivity (Wildman–Crippen MR) is 82.6 cm³/mol. The van der Waals surface area contributed by atoms with Gasteiger partial charge in [0.1, 0.15) is 18.5 Å². The molecule has 1 atom stereocenters. The maximum Gasteiger partial charge on any atom is 0.155 e. The van der Waals surface area contributed by atoms with Gasteiger partial charge in [-0.25, -0.2) is 9.97 Å². The third-order valence-corrected chi connectivity index (χ3v) is 4.07. The van der Waals surface area contributed by atoms with Crippen molar-refractivity contribution in [3.63, 3.8) is 0 Å². The molecule has 1 unspecified atom stereocenters. The highest BCUT2D eigenvalue weighted by atomic mass is 16.5. The molecule has 0 radical (unpaired) electrons. The van der Waals surface area contributed by atoms with E-state index in [4.69, 9.17) is 4.74 Å². The molecule has 7 heteroatoms. The monoisotopic (exact) mass is 302 g/mol. The molecule has 0 spiro atoms. The number of piperidine rings is 1. The van der Waals surface area contributed by atoms with Gasteiger partial charge in [0.2, 0.25) is 0 Å². The van der Waals surface area contributed by atoms with E-state index >= 15 is 0 Å². The summed E-state index contributed by atoms with van der Waals surface area (Å²) in [6.07, 6.45) is 6.85. The van der Waals surface area contributed by atoms with Gasteiger partial charge < -0.3 is 14.2 Å². The van der Waals surface area contributed by atoms with Crippen molar-refractivity contribution in [2.45, 2.75) is 38.8 Å². The number of methoxy groups -OCH3 is 1. The van der Waals surface area contributed by atoms with Crippen LogP contribution in [-0.4, -0.2) is 45.0 Å². The minimum atomic E-state index is 0.211. The number of ether oxygens (including phenoxy) is 1. The highest BCUT2D eigenvalue weighted by molar-refractivity contribution is 5.41. The summed E-state index contributed by atoms with van der Waals surface area (Å²) in [5.74, 6) is 1.96. The molecule has 7 nitrogen and oxygen atoms in total. The van der Waals surface area contributed by atoms with Crippen LogP contribution < -0.4 is 4.90 Å². The molecule has 1 saturated heterocycles. The first-order valence-corrected chi connectivity index (χ1v) is 7.71. The summed E-state index contributed by atoms with van der Waals surface area (Å²) in [7, 11) is 1.71. The van der Waals surface area contributed by atoms with Crippen molar-refractivity contribution in [2.75, 3.05) is 25.2 Å². The number of aromatic nitrogens is 5. The van der Waals surface area contributed by atoms with Crippen LogP contribution in [0.1, 0.15) is 36.8 Å². The second-order valence-corrected chi connectivity index (χ2v) is 5.60. The molecule has 0 saturated carbocycles. The van der Waals surface area contributed by atoms with Gasteiger partial charge in [-0.1, -0.05) is 0 Å². The quantitative estimate of drug-likeness (QED) is 0.838. The first-order chi connectivity index (χ1) is 10.8. The molecule has 0 amide bonds. The summed E-state index contributed by atoms with van der Waals surface area (Å²) >= 11 is 0. The molecule has 0 bridgehead atoms. The van der Waals surface area contributed by atoms with Crippen molar-refractivity contribution in [1.82, 2.24) is 24.7 Å². The molecule has 1 aliphatic heterocycles. The minimum absolute atomic E-state index is 0.211. The third-order valence-electron chi connectivity index (χ3n) is 4.07. The maximum absolute atomic E-state index is 5.17. The van der Waals surface area contributed by atoms with E-state index in [0.29, 0.717) is 6.61 Å². The molecule has 22 heavy (non-hydrogen) atoms. The molecule has 1 fully saturated rings. The molecule has 1 aliphatic rings. The van der Waals surface area contributed by atoms with E-state index < -0.39 is 0 Å². The van der Waals surface area contributed by atoms with Gasteiger partial charge in [0.05, 0.1) is 12.6 Å². The molecule has 118 valence electrons. The fourth-order valence-corrected chi connectivity index (χ4v) is 2.96. The Morgan fingerprint density at radius 3 is 3.05 bits per heavy atom. The molecule has 0 N–H and O–H groups in total. The fraction of sp³-hybridized carbons (Fsp3) is 0.600. The maximum atomic E-state index is 5.17. The van der Waals surface area contributed by atoms with Crippen molar-refractivity contribution in [3.8, 4) is 0 Å². The largest absolute Gasteiger partial charge is 0.383 e. The second-order valence-electron chi connectivity index (χ2n) is 5.60. The lowest BCUT2D eigenvalue weighted by Crippen LogP contribution is -2.36. The topological polar surface area (TPSA) is 69.0 Å². The zero-order chi connectivity index (χ0) is 15.4. The second kappa shape index (κ2) is 6.83. The van der Waals surface area contributed by atoms with Gasteiger partial charge in [-0.2, -0.15) is 0 Å². The van der Waals surface area contributed by atoms with Gasteiger partial charge in [-0.3, -0.25) is 0 Å². The summed E-state index contributed by atoms with van der Waals surface area (Å²) in [5, 5.41) is 8.46. The molecule has 3 heterocycles. The molecule has 0 aromatic carbocycles. The highest BCUT2D eigenvalue weighted by Crippen LogP contribution is 2.33. The summed E-state index contributed by atoms with van der Waals surface area (Å²) < 4.78 is 7.26. The van der Waals surface area contributed by atoms with E-state index in [1.165, 1.54) is 12.8 Å². The van der Waals surface area contributed by atoms with Crippen molar-refractivity contribution in [3.05, 3.63) is 30.2 Å². The van der Waals surface area contributed by atoms with E-state index in [2.05, 4.69) is 29.6 Å². The number of rotatable bonds is 5. The van der Waals surface area contributed by atoms with Crippen LogP contribution in [0, 0.1) is 6.92 Å². The third kappa shape index (κ3) is 3.09. The Hall–Kier alpha value is -2.02. The van der Waals surface area contributed by atoms with E-state index in [1.807, 2.05) is 13.0 Å². The Morgan fingerprint density at radius 2 is 2.23 bits per heavy atom. The van der Waals surface area contributed by atoms with Gasteiger partial charge in [0.15, 0.2) is 5.82 Å². The fourth-order valence-electron chi connectivity index (χ4n) is 2.96. The van der Waals surface area contributed by atoms with Gasteiger partial charge >= 0.3 is 0 Å². The van der Waals surface area contributed by atoms with Gasteiger partial charge in [-0.15, -0.1) is 10.2 Å².